The fourth-order valence-corrected chi connectivity index (χ4v) is 3.38. The molecule has 3 aromatic rings. The molecule has 6 nitrogen and oxygen atoms in total. The van der Waals surface area contributed by atoms with Crippen LogP contribution in [-0.2, 0) is 0 Å². The molecule has 0 aliphatic heterocycles. The molecule has 0 saturated heterocycles. The maximum Gasteiger partial charge on any atom is 0.257 e. The molecule has 2 aromatic heterocycles. The Morgan fingerprint density at radius 3 is 2.42 bits per heavy atom. The van der Waals surface area contributed by atoms with Gasteiger partial charge in [0, 0.05) is 6.04 Å². The van der Waals surface area contributed by atoms with Crippen LogP contribution in [0.25, 0.3) is 11.0 Å². The van der Waals surface area contributed by atoms with Crippen molar-refractivity contribution in [2.75, 3.05) is 0 Å². The Morgan fingerprint density at radius 1 is 1.15 bits per heavy atom. The number of hydrogen-bond donors (Lipinski definition) is 1. The van der Waals surface area contributed by atoms with E-state index in [1.54, 1.807) is 13.8 Å². The van der Waals surface area contributed by atoms with Crippen molar-refractivity contribution in [2.24, 2.45) is 5.92 Å². The van der Waals surface area contributed by atoms with Gasteiger partial charge in [-0.25, -0.2) is 4.98 Å². The molecule has 1 atom stereocenters. The van der Waals surface area contributed by atoms with Crippen LogP contribution in [-0.4, -0.2) is 20.6 Å². The van der Waals surface area contributed by atoms with Crippen molar-refractivity contribution in [2.45, 2.75) is 53.6 Å². The van der Waals surface area contributed by atoms with Crippen molar-refractivity contribution >= 4 is 16.9 Å². The highest BCUT2D eigenvalue weighted by Gasteiger charge is 2.28. The summed E-state index contributed by atoms with van der Waals surface area (Å²) in [5.74, 6) is 1.40. The van der Waals surface area contributed by atoms with Crippen LogP contribution in [0.5, 0.6) is 0 Å². The maximum absolute atomic E-state index is 12.9. The number of benzene rings is 1. The average Bonchev–Trinajstić information content (AvgIpc) is 3.12. The first kappa shape index (κ1) is 18.2. The molecule has 6 heteroatoms. The summed E-state index contributed by atoms with van der Waals surface area (Å²) in [5.41, 5.74) is 3.12. The van der Waals surface area contributed by atoms with E-state index in [1.807, 2.05) is 18.2 Å². The minimum atomic E-state index is -0.217. The molecule has 1 aromatic carbocycles. The molecule has 0 bridgehead atoms. The van der Waals surface area contributed by atoms with Gasteiger partial charge in [-0.15, -0.1) is 0 Å². The minimum Gasteiger partial charge on any atom is -0.361 e. The molecule has 1 amide bonds. The fourth-order valence-electron chi connectivity index (χ4n) is 3.38. The van der Waals surface area contributed by atoms with Crippen LogP contribution >= 0.6 is 0 Å². The van der Waals surface area contributed by atoms with E-state index in [0.29, 0.717) is 17.0 Å². The Balaban J connectivity index is 2.05. The van der Waals surface area contributed by atoms with E-state index >= 15 is 0 Å². The Hall–Kier alpha value is -2.63. The van der Waals surface area contributed by atoms with Gasteiger partial charge < -0.3 is 14.4 Å². The Labute approximate surface area is 153 Å². The number of rotatable bonds is 5. The summed E-state index contributed by atoms with van der Waals surface area (Å²) in [6.07, 6.45) is 0. The molecule has 0 radical (unpaired) electrons. The first-order valence-electron chi connectivity index (χ1n) is 9.01. The summed E-state index contributed by atoms with van der Waals surface area (Å²) in [7, 11) is 0. The zero-order valence-corrected chi connectivity index (χ0v) is 16.2. The van der Waals surface area contributed by atoms with E-state index in [2.05, 4.69) is 48.8 Å². The third kappa shape index (κ3) is 3.11. The predicted octanol–water partition coefficient (Wildman–Crippen LogP) is 4.35. The van der Waals surface area contributed by atoms with Gasteiger partial charge in [-0.05, 0) is 45.7 Å². The number of carbonyl (C=O) groups is 1. The molecule has 2 heterocycles. The number of nitrogens with zero attached hydrogens (tertiary/aromatic N) is 3. The molecular formula is C20H26N4O2. The van der Waals surface area contributed by atoms with Crippen LogP contribution in [0.1, 0.15) is 67.4 Å². The molecule has 3 rings (SSSR count). The smallest absolute Gasteiger partial charge is 0.257 e. The van der Waals surface area contributed by atoms with Crippen molar-refractivity contribution in [1.82, 2.24) is 20.0 Å². The molecule has 138 valence electrons. The summed E-state index contributed by atoms with van der Waals surface area (Å²) >= 11 is 0. The second kappa shape index (κ2) is 6.94. The number of carbonyl (C=O) groups excluding carboxylic acids is 1. The molecule has 0 spiro atoms. The van der Waals surface area contributed by atoms with Crippen LogP contribution in [0.3, 0.4) is 0 Å². The van der Waals surface area contributed by atoms with E-state index in [1.165, 1.54) is 0 Å². The number of para-hydroxylation sites is 2. The first-order chi connectivity index (χ1) is 12.3. The Morgan fingerprint density at radius 2 is 1.85 bits per heavy atom. The maximum atomic E-state index is 12.9. The van der Waals surface area contributed by atoms with E-state index < -0.39 is 0 Å². The summed E-state index contributed by atoms with van der Waals surface area (Å²) in [6, 6.07) is 8.08. The highest BCUT2D eigenvalue weighted by molar-refractivity contribution is 5.96. The Kier molecular flexibility index (Phi) is 4.85. The molecule has 0 fully saturated rings. The summed E-state index contributed by atoms with van der Waals surface area (Å²) in [6.45, 7) is 12.0. The van der Waals surface area contributed by atoms with Gasteiger partial charge in [0.05, 0.1) is 22.8 Å². The number of aromatic nitrogens is 3. The largest absolute Gasteiger partial charge is 0.361 e. The second-order valence-corrected chi connectivity index (χ2v) is 7.32. The van der Waals surface area contributed by atoms with Crippen molar-refractivity contribution < 1.29 is 9.32 Å². The lowest BCUT2D eigenvalue weighted by molar-refractivity contribution is 0.0919. The van der Waals surface area contributed by atoms with E-state index in [0.717, 1.165) is 16.9 Å². The van der Waals surface area contributed by atoms with Gasteiger partial charge in [0.25, 0.3) is 5.91 Å². The van der Waals surface area contributed by atoms with Crippen LogP contribution < -0.4 is 5.32 Å². The van der Waals surface area contributed by atoms with Crippen LogP contribution in [0.4, 0.5) is 0 Å². The Bertz CT molecular complexity index is 917. The van der Waals surface area contributed by atoms with E-state index in [4.69, 9.17) is 9.51 Å². The minimum absolute atomic E-state index is 0.175. The van der Waals surface area contributed by atoms with E-state index in [-0.39, 0.29) is 23.9 Å². The molecular weight excluding hydrogens is 328 g/mol. The number of nitrogens with one attached hydrogen (secondary N) is 1. The third-order valence-corrected chi connectivity index (χ3v) is 4.63. The zero-order valence-electron chi connectivity index (χ0n) is 16.2. The number of hydrogen-bond acceptors (Lipinski definition) is 4. The van der Waals surface area contributed by atoms with E-state index in [9.17, 15) is 4.79 Å². The zero-order chi connectivity index (χ0) is 19.0. The number of imidazole rings is 1. The van der Waals surface area contributed by atoms with Crippen molar-refractivity contribution in [3.8, 4) is 0 Å². The van der Waals surface area contributed by atoms with Gasteiger partial charge in [0.2, 0.25) is 0 Å². The van der Waals surface area contributed by atoms with Crippen LogP contribution in [0, 0.1) is 19.8 Å². The molecule has 0 aliphatic rings. The summed E-state index contributed by atoms with van der Waals surface area (Å²) in [5, 5.41) is 7.04. The van der Waals surface area contributed by atoms with Crippen molar-refractivity contribution in [1.29, 1.82) is 0 Å². The third-order valence-electron chi connectivity index (χ3n) is 4.63. The number of fused-ring (bicyclic) bond motifs is 1. The lowest BCUT2D eigenvalue weighted by Gasteiger charge is -2.24. The van der Waals surface area contributed by atoms with Gasteiger partial charge in [-0.3, -0.25) is 4.79 Å². The monoisotopic (exact) mass is 354 g/mol. The van der Waals surface area contributed by atoms with Gasteiger partial charge in [0.15, 0.2) is 0 Å². The molecule has 0 saturated carbocycles. The fraction of sp³-hybridized carbons (Fsp3) is 0.450. The van der Waals surface area contributed by atoms with Gasteiger partial charge >= 0.3 is 0 Å². The lowest BCUT2D eigenvalue weighted by atomic mass is 10.0. The summed E-state index contributed by atoms with van der Waals surface area (Å²) < 4.78 is 7.34. The van der Waals surface area contributed by atoms with Gasteiger partial charge in [0.1, 0.15) is 17.1 Å². The predicted molar refractivity (Wildman–Crippen MR) is 101 cm³/mol. The number of amides is 1. The summed E-state index contributed by atoms with van der Waals surface area (Å²) in [4.78, 5) is 17.7. The molecule has 0 aliphatic carbocycles. The van der Waals surface area contributed by atoms with Gasteiger partial charge in [-0.2, -0.15) is 0 Å². The normalized spacial score (nSPS) is 12.9. The molecule has 1 N–H and O–H groups in total. The second-order valence-electron chi connectivity index (χ2n) is 7.32. The first-order valence-corrected chi connectivity index (χ1v) is 9.01. The van der Waals surface area contributed by atoms with Crippen LogP contribution in [0.15, 0.2) is 28.8 Å². The molecule has 1 unspecified atom stereocenters. The highest BCUT2D eigenvalue weighted by Crippen LogP contribution is 2.29. The standard InChI is InChI=1S/C20H26N4O2/c1-11(2)18(22-20(25)17-13(5)23-26-14(17)6)19-21-15-9-7-8-10-16(15)24(19)12(3)4/h7-12,18H,1-6H3,(H,22,25). The quantitative estimate of drug-likeness (QED) is 0.739. The number of aryl methyl sites for hydroxylation is 2. The topological polar surface area (TPSA) is 73.0 Å². The lowest BCUT2D eigenvalue weighted by Crippen LogP contribution is -2.34. The van der Waals surface area contributed by atoms with Crippen molar-refractivity contribution in [3.05, 3.63) is 47.1 Å². The van der Waals surface area contributed by atoms with Gasteiger partial charge in [-0.1, -0.05) is 31.1 Å². The average molecular weight is 354 g/mol. The highest BCUT2D eigenvalue weighted by atomic mass is 16.5. The van der Waals surface area contributed by atoms with Crippen LogP contribution in [0.2, 0.25) is 0 Å². The SMILES string of the molecule is Cc1noc(C)c1C(=O)NC(c1nc2ccccc2n1C(C)C)C(C)C. The van der Waals surface area contributed by atoms with Crippen molar-refractivity contribution in [3.63, 3.8) is 0 Å². The molecule has 26 heavy (non-hydrogen) atoms.